The van der Waals surface area contributed by atoms with E-state index in [4.69, 9.17) is 11.3 Å². The Kier molecular flexibility index (Phi) is 5.06. The third kappa shape index (κ3) is 4.35. The summed E-state index contributed by atoms with van der Waals surface area (Å²) in [6, 6.07) is 47.8. The van der Waals surface area contributed by atoms with Crippen molar-refractivity contribution in [2.24, 2.45) is 0 Å². The second kappa shape index (κ2) is 10.8. The van der Waals surface area contributed by atoms with Crippen molar-refractivity contribution >= 4 is 60.5 Å². The molecule has 0 N–H and O–H groups in total. The molecule has 0 amide bonds. The number of rotatable bonds is 5. The standard InChI is InChI=1S/C44H29NO/c1-2-11-30(12-3-1)31-21-25-34(26-22-31)45(35-27-23-33(24-28-35)37-19-10-14-32-13-4-5-15-36(32)37)42-29-41-39-17-8-9-20-43(39)46-44(41)40-18-7-6-16-38(40)42/h1-29H/i1D,2D,3D,11D,12D. The number of furan rings is 1. The molecule has 2 heteroatoms. The molecule has 2 nitrogen and oxygen atoms in total. The second-order valence-electron chi connectivity index (χ2n) is 11.4. The van der Waals surface area contributed by atoms with E-state index >= 15 is 0 Å². The Balaban J connectivity index is 1.26. The van der Waals surface area contributed by atoms with Crippen LogP contribution in [0.4, 0.5) is 17.1 Å². The number of nitrogens with zero attached hydrogens (tertiary/aromatic N) is 1. The third-order valence-corrected chi connectivity index (χ3v) is 8.74. The van der Waals surface area contributed by atoms with Crippen LogP contribution < -0.4 is 4.90 Å². The minimum Gasteiger partial charge on any atom is -0.455 e. The van der Waals surface area contributed by atoms with Crippen molar-refractivity contribution in [1.29, 1.82) is 0 Å². The first-order valence-electron chi connectivity index (χ1n) is 17.8. The maximum absolute atomic E-state index is 8.55. The van der Waals surface area contributed by atoms with Crippen LogP contribution in [0.2, 0.25) is 0 Å². The average Bonchev–Trinajstić information content (AvgIpc) is 3.56. The maximum Gasteiger partial charge on any atom is 0.143 e. The number of anilines is 3. The summed E-state index contributed by atoms with van der Waals surface area (Å²) in [5, 5.41) is 6.42. The normalized spacial score (nSPS) is 13.0. The van der Waals surface area contributed by atoms with Crippen LogP contribution in [0.25, 0.3) is 65.7 Å². The van der Waals surface area contributed by atoms with Gasteiger partial charge in [-0.1, -0.05) is 139 Å². The molecule has 1 aromatic heterocycles. The molecule has 0 bridgehead atoms. The molecule has 0 saturated carbocycles. The van der Waals surface area contributed by atoms with E-state index in [0.717, 1.165) is 60.9 Å². The number of para-hydroxylation sites is 1. The summed E-state index contributed by atoms with van der Waals surface area (Å²) in [5.74, 6) is 0. The summed E-state index contributed by atoms with van der Waals surface area (Å²) in [6.07, 6.45) is 0. The SMILES string of the molecule is [2H]c1c([2H])c([2H])c(-c2ccc(N(c3ccc(-c4cccc5ccccc45)cc3)c3cc4c5ccccc5oc4c4ccccc34)cc2)c([2H])c1[2H]. The molecule has 0 atom stereocenters. The van der Waals surface area contributed by atoms with Gasteiger partial charge in [0.05, 0.1) is 12.5 Å². The van der Waals surface area contributed by atoms with Gasteiger partial charge < -0.3 is 9.32 Å². The molecule has 9 rings (SSSR count). The Labute approximate surface area is 274 Å². The Morgan fingerprint density at radius 1 is 0.457 bits per heavy atom. The largest absolute Gasteiger partial charge is 0.455 e. The van der Waals surface area contributed by atoms with Gasteiger partial charge in [0.2, 0.25) is 0 Å². The van der Waals surface area contributed by atoms with Crippen LogP contribution in [-0.4, -0.2) is 0 Å². The fraction of sp³-hybridized carbons (Fsp3) is 0. The van der Waals surface area contributed by atoms with Gasteiger partial charge in [-0.25, -0.2) is 0 Å². The highest BCUT2D eigenvalue weighted by atomic mass is 16.3. The van der Waals surface area contributed by atoms with E-state index < -0.39 is 6.04 Å². The van der Waals surface area contributed by atoms with E-state index in [1.807, 2.05) is 54.6 Å². The van der Waals surface area contributed by atoms with Gasteiger partial charge in [-0.05, 0) is 69.4 Å². The summed E-state index contributed by atoms with van der Waals surface area (Å²) in [5.41, 5.74) is 7.38. The summed E-state index contributed by atoms with van der Waals surface area (Å²) in [6.45, 7) is 0. The summed E-state index contributed by atoms with van der Waals surface area (Å²) in [4.78, 5) is 2.21. The zero-order chi connectivity index (χ0) is 34.8. The highest BCUT2D eigenvalue weighted by molar-refractivity contribution is 6.19. The molecule has 1 heterocycles. The first-order valence-corrected chi connectivity index (χ1v) is 15.3. The molecular weight excluding hydrogens is 558 g/mol. The lowest BCUT2D eigenvalue weighted by Crippen LogP contribution is -2.10. The van der Waals surface area contributed by atoms with Crippen molar-refractivity contribution in [1.82, 2.24) is 0 Å². The number of hydrogen-bond acceptors (Lipinski definition) is 2. The topological polar surface area (TPSA) is 16.4 Å². The molecule has 0 saturated heterocycles. The van der Waals surface area contributed by atoms with E-state index in [1.54, 1.807) is 0 Å². The predicted octanol–water partition coefficient (Wildman–Crippen LogP) is 12.7. The molecule has 9 aromatic rings. The zero-order valence-corrected chi connectivity index (χ0v) is 24.7. The van der Waals surface area contributed by atoms with Crippen molar-refractivity contribution in [2.45, 2.75) is 0 Å². The lowest BCUT2D eigenvalue weighted by molar-refractivity contribution is 0.672. The molecule has 46 heavy (non-hydrogen) atoms. The van der Waals surface area contributed by atoms with E-state index in [9.17, 15) is 0 Å². The number of hydrogen-bond donors (Lipinski definition) is 0. The van der Waals surface area contributed by atoms with Crippen LogP contribution in [0.5, 0.6) is 0 Å². The monoisotopic (exact) mass is 592 g/mol. The molecule has 0 aliphatic heterocycles. The lowest BCUT2D eigenvalue weighted by atomic mass is 9.97. The Bertz CT molecular complexity index is 2770. The summed E-state index contributed by atoms with van der Waals surface area (Å²) >= 11 is 0. The summed E-state index contributed by atoms with van der Waals surface area (Å²) < 4.78 is 48.0. The number of fused-ring (bicyclic) bond motifs is 6. The molecule has 0 unspecified atom stereocenters. The Morgan fingerprint density at radius 3 is 1.83 bits per heavy atom. The predicted molar refractivity (Wildman–Crippen MR) is 194 cm³/mol. The zero-order valence-electron chi connectivity index (χ0n) is 29.7. The van der Waals surface area contributed by atoms with E-state index in [0.29, 0.717) is 5.56 Å². The van der Waals surface area contributed by atoms with Gasteiger partial charge in [-0.2, -0.15) is 0 Å². The van der Waals surface area contributed by atoms with Crippen molar-refractivity contribution < 1.29 is 11.3 Å². The molecule has 8 aromatic carbocycles. The molecule has 0 radical (unpaired) electrons. The number of benzene rings is 8. The first kappa shape index (κ1) is 21.6. The molecule has 0 aliphatic carbocycles. The van der Waals surface area contributed by atoms with Gasteiger partial charge in [-0.3, -0.25) is 0 Å². The molecule has 216 valence electrons. The maximum atomic E-state index is 8.55. The quantitative estimate of drug-likeness (QED) is 0.198. The molecule has 0 fully saturated rings. The van der Waals surface area contributed by atoms with Gasteiger partial charge in [0, 0.05) is 32.9 Å². The van der Waals surface area contributed by atoms with Gasteiger partial charge in [0.25, 0.3) is 0 Å². The first-order chi connectivity index (χ1) is 24.9. The minimum atomic E-state index is -0.405. The van der Waals surface area contributed by atoms with Crippen LogP contribution in [0, 0.1) is 0 Å². The van der Waals surface area contributed by atoms with Gasteiger partial charge in [0.15, 0.2) is 0 Å². The third-order valence-electron chi connectivity index (χ3n) is 8.74. The van der Waals surface area contributed by atoms with Gasteiger partial charge >= 0.3 is 0 Å². The molecule has 0 spiro atoms. The van der Waals surface area contributed by atoms with Crippen molar-refractivity contribution in [3.05, 3.63) is 176 Å². The second-order valence-corrected chi connectivity index (χ2v) is 11.4. The molecule has 0 aliphatic rings. The average molecular weight is 593 g/mol. The van der Waals surface area contributed by atoms with Crippen LogP contribution in [-0.2, 0) is 0 Å². The van der Waals surface area contributed by atoms with Crippen LogP contribution >= 0.6 is 0 Å². The van der Waals surface area contributed by atoms with Crippen LogP contribution in [0.15, 0.2) is 180 Å². The molecular formula is C44H29NO. The van der Waals surface area contributed by atoms with Crippen molar-refractivity contribution in [2.75, 3.05) is 4.90 Å². The Hall–Kier alpha value is -6.12. The Morgan fingerprint density at radius 2 is 1.07 bits per heavy atom. The van der Waals surface area contributed by atoms with Gasteiger partial charge in [0.1, 0.15) is 11.2 Å². The summed E-state index contributed by atoms with van der Waals surface area (Å²) in [7, 11) is 0. The highest BCUT2D eigenvalue weighted by Crippen LogP contribution is 2.45. The van der Waals surface area contributed by atoms with Crippen molar-refractivity contribution in [3.63, 3.8) is 0 Å². The van der Waals surface area contributed by atoms with Crippen molar-refractivity contribution in [3.8, 4) is 22.3 Å². The van der Waals surface area contributed by atoms with Crippen LogP contribution in [0.1, 0.15) is 6.85 Å². The smallest absolute Gasteiger partial charge is 0.143 e. The highest BCUT2D eigenvalue weighted by Gasteiger charge is 2.20. The fourth-order valence-electron chi connectivity index (χ4n) is 6.58. The fourth-order valence-corrected chi connectivity index (χ4v) is 6.58. The lowest BCUT2D eigenvalue weighted by Gasteiger charge is -2.27. The minimum absolute atomic E-state index is 0.176. The van der Waals surface area contributed by atoms with Crippen LogP contribution in [0.3, 0.4) is 0 Å². The van der Waals surface area contributed by atoms with E-state index in [-0.39, 0.29) is 29.7 Å². The van der Waals surface area contributed by atoms with E-state index in [2.05, 4.69) is 95.9 Å². The van der Waals surface area contributed by atoms with E-state index in [1.165, 1.54) is 10.8 Å². The van der Waals surface area contributed by atoms with Gasteiger partial charge in [-0.15, -0.1) is 0 Å².